The molecule has 3 rings (SSSR count). The number of alkyl halides is 1. The van der Waals surface area contributed by atoms with Crippen molar-refractivity contribution in [3.8, 4) is 5.75 Å². The zero-order valence-corrected chi connectivity index (χ0v) is 12.9. The van der Waals surface area contributed by atoms with E-state index in [9.17, 15) is 0 Å². The van der Waals surface area contributed by atoms with E-state index in [0.717, 1.165) is 36.5 Å². The highest BCUT2D eigenvalue weighted by molar-refractivity contribution is 6.17. The van der Waals surface area contributed by atoms with Gasteiger partial charge in [-0.05, 0) is 38.3 Å². The summed E-state index contributed by atoms with van der Waals surface area (Å²) in [5.74, 6) is 2.58. The van der Waals surface area contributed by atoms with Crippen molar-refractivity contribution in [2.24, 2.45) is 0 Å². The predicted octanol–water partition coefficient (Wildman–Crippen LogP) is 4.12. The summed E-state index contributed by atoms with van der Waals surface area (Å²) in [6, 6.07) is 6.21. The van der Waals surface area contributed by atoms with Gasteiger partial charge in [0.25, 0.3) is 0 Å². The predicted molar refractivity (Wildman–Crippen MR) is 82.8 cm³/mol. The fourth-order valence-electron chi connectivity index (χ4n) is 2.71. The van der Waals surface area contributed by atoms with E-state index in [2.05, 4.69) is 30.5 Å². The van der Waals surface area contributed by atoms with Crippen LogP contribution < -0.4 is 4.74 Å². The van der Waals surface area contributed by atoms with Crippen LogP contribution in [0.3, 0.4) is 0 Å². The molecule has 1 aromatic heterocycles. The van der Waals surface area contributed by atoms with E-state index in [1.165, 1.54) is 18.4 Å². The van der Waals surface area contributed by atoms with Crippen LogP contribution in [-0.4, -0.2) is 22.0 Å². The zero-order chi connectivity index (χ0) is 14.2. The summed E-state index contributed by atoms with van der Waals surface area (Å²) < 4.78 is 8.22. The van der Waals surface area contributed by atoms with E-state index < -0.39 is 0 Å². The number of benzene rings is 1. The molecule has 0 unspecified atom stereocenters. The number of rotatable bonds is 6. The molecule has 1 aliphatic rings. The number of hydrogen-bond acceptors (Lipinski definition) is 2. The average Bonchev–Trinajstić information content (AvgIpc) is 3.06. The van der Waals surface area contributed by atoms with Gasteiger partial charge in [-0.25, -0.2) is 4.98 Å². The molecule has 3 nitrogen and oxygen atoms in total. The van der Waals surface area contributed by atoms with E-state index in [1.807, 2.05) is 6.07 Å². The number of aryl methyl sites for hydroxylation is 1. The molecule has 2 aromatic rings. The Morgan fingerprint density at radius 1 is 1.40 bits per heavy atom. The number of nitrogens with zero attached hydrogens (tertiary/aromatic N) is 2. The lowest BCUT2D eigenvalue weighted by molar-refractivity contribution is 0.320. The summed E-state index contributed by atoms with van der Waals surface area (Å²) in [6.07, 6.45) is 4.24. The van der Waals surface area contributed by atoms with Gasteiger partial charge in [0.15, 0.2) is 0 Å². The first kappa shape index (κ1) is 13.7. The standard InChI is InChI=1S/C16H21ClN2O/c1-3-11-20-13-6-4-5-12-15(13)18-14(7-10-17)19(12)16(2)8-9-16/h4-6H,3,7-11H2,1-2H3. The smallest absolute Gasteiger partial charge is 0.147 e. The third-order valence-electron chi connectivity index (χ3n) is 4.01. The lowest BCUT2D eigenvalue weighted by Crippen LogP contribution is -2.16. The van der Waals surface area contributed by atoms with Crippen LogP contribution >= 0.6 is 11.6 Å². The van der Waals surface area contributed by atoms with Gasteiger partial charge in [-0.2, -0.15) is 0 Å². The monoisotopic (exact) mass is 292 g/mol. The molecule has 1 heterocycles. The van der Waals surface area contributed by atoms with Crippen LogP contribution in [0.15, 0.2) is 18.2 Å². The molecule has 108 valence electrons. The van der Waals surface area contributed by atoms with Gasteiger partial charge in [-0.3, -0.25) is 0 Å². The molecule has 20 heavy (non-hydrogen) atoms. The van der Waals surface area contributed by atoms with Crippen molar-refractivity contribution in [2.45, 2.75) is 45.1 Å². The van der Waals surface area contributed by atoms with Crippen molar-refractivity contribution in [3.05, 3.63) is 24.0 Å². The third kappa shape index (κ3) is 2.28. The molecule has 0 amide bonds. The first-order chi connectivity index (χ1) is 9.69. The van der Waals surface area contributed by atoms with Crippen molar-refractivity contribution in [3.63, 3.8) is 0 Å². The summed E-state index contributed by atoms with van der Waals surface area (Å²) >= 11 is 5.94. The Kier molecular flexibility index (Phi) is 3.63. The summed E-state index contributed by atoms with van der Waals surface area (Å²) in [5.41, 5.74) is 2.38. The minimum Gasteiger partial charge on any atom is -0.491 e. The Morgan fingerprint density at radius 2 is 2.20 bits per heavy atom. The second-order valence-corrected chi connectivity index (χ2v) is 6.15. The van der Waals surface area contributed by atoms with Gasteiger partial charge in [-0.15, -0.1) is 11.6 Å². The maximum atomic E-state index is 5.94. The Labute approximate surface area is 124 Å². The summed E-state index contributed by atoms with van der Waals surface area (Å²) in [6.45, 7) is 5.14. The second-order valence-electron chi connectivity index (χ2n) is 5.77. The Hall–Kier alpha value is -1.22. The first-order valence-corrected chi connectivity index (χ1v) is 7.92. The zero-order valence-electron chi connectivity index (χ0n) is 12.2. The molecule has 1 aliphatic carbocycles. The Balaban J connectivity index is 2.12. The highest BCUT2D eigenvalue weighted by Gasteiger charge is 2.41. The largest absolute Gasteiger partial charge is 0.491 e. The highest BCUT2D eigenvalue weighted by Crippen LogP contribution is 2.46. The quantitative estimate of drug-likeness (QED) is 0.749. The lowest BCUT2D eigenvalue weighted by atomic mass is 10.2. The number of fused-ring (bicyclic) bond motifs is 1. The summed E-state index contributed by atoms with van der Waals surface area (Å²) in [4.78, 5) is 4.82. The molecule has 0 radical (unpaired) electrons. The Morgan fingerprint density at radius 3 is 2.85 bits per heavy atom. The van der Waals surface area contributed by atoms with Gasteiger partial charge >= 0.3 is 0 Å². The van der Waals surface area contributed by atoms with Crippen LogP contribution in [0.4, 0.5) is 0 Å². The molecule has 4 heteroatoms. The summed E-state index contributed by atoms with van der Waals surface area (Å²) in [5, 5.41) is 0. The van der Waals surface area contributed by atoms with Gasteiger partial charge in [0.1, 0.15) is 17.1 Å². The second kappa shape index (κ2) is 5.28. The van der Waals surface area contributed by atoms with E-state index in [0.29, 0.717) is 5.88 Å². The number of aromatic nitrogens is 2. The van der Waals surface area contributed by atoms with Crippen molar-refractivity contribution in [2.75, 3.05) is 12.5 Å². The maximum Gasteiger partial charge on any atom is 0.147 e. The van der Waals surface area contributed by atoms with Crippen LogP contribution in [-0.2, 0) is 12.0 Å². The first-order valence-electron chi connectivity index (χ1n) is 7.39. The highest BCUT2D eigenvalue weighted by atomic mass is 35.5. The molecule has 1 fully saturated rings. The van der Waals surface area contributed by atoms with Crippen molar-refractivity contribution < 1.29 is 4.74 Å². The molecular weight excluding hydrogens is 272 g/mol. The lowest BCUT2D eigenvalue weighted by Gasteiger charge is -2.15. The van der Waals surface area contributed by atoms with Gasteiger partial charge in [0.05, 0.1) is 12.1 Å². The summed E-state index contributed by atoms with van der Waals surface area (Å²) in [7, 11) is 0. The number of halogens is 1. The number of para-hydroxylation sites is 1. The average molecular weight is 293 g/mol. The molecule has 0 aliphatic heterocycles. The fourth-order valence-corrected chi connectivity index (χ4v) is 2.88. The van der Waals surface area contributed by atoms with Crippen molar-refractivity contribution in [1.82, 2.24) is 9.55 Å². The van der Waals surface area contributed by atoms with Gasteiger partial charge in [-0.1, -0.05) is 13.0 Å². The molecule has 1 saturated carbocycles. The molecule has 1 aromatic carbocycles. The minimum absolute atomic E-state index is 0.222. The van der Waals surface area contributed by atoms with Gasteiger partial charge in [0, 0.05) is 17.8 Å². The SMILES string of the molecule is CCCOc1cccc2c1nc(CCCl)n2C1(C)CC1. The van der Waals surface area contributed by atoms with Crippen molar-refractivity contribution in [1.29, 1.82) is 0 Å². The molecule has 0 spiro atoms. The van der Waals surface area contributed by atoms with E-state index >= 15 is 0 Å². The molecule has 0 N–H and O–H groups in total. The molecule has 0 atom stereocenters. The number of imidazole rings is 1. The normalized spacial score (nSPS) is 16.6. The topological polar surface area (TPSA) is 27.1 Å². The van der Waals surface area contributed by atoms with Crippen LogP contribution in [0.1, 0.15) is 38.9 Å². The van der Waals surface area contributed by atoms with E-state index in [1.54, 1.807) is 0 Å². The van der Waals surface area contributed by atoms with Crippen LogP contribution in [0.2, 0.25) is 0 Å². The Bertz CT molecular complexity index is 616. The van der Waals surface area contributed by atoms with Gasteiger partial charge in [0.2, 0.25) is 0 Å². The van der Waals surface area contributed by atoms with Crippen LogP contribution in [0, 0.1) is 0 Å². The fraction of sp³-hybridized carbons (Fsp3) is 0.562. The van der Waals surface area contributed by atoms with Crippen LogP contribution in [0.25, 0.3) is 11.0 Å². The molecule has 0 bridgehead atoms. The molecule has 0 saturated heterocycles. The van der Waals surface area contributed by atoms with Gasteiger partial charge < -0.3 is 9.30 Å². The molecular formula is C16H21ClN2O. The third-order valence-corrected chi connectivity index (χ3v) is 4.20. The minimum atomic E-state index is 0.222. The maximum absolute atomic E-state index is 5.94. The van der Waals surface area contributed by atoms with E-state index in [4.69, 9.17) is 21.3 Å². The van der Waals surface area contributed by atoms with Crippen LogP contribution in [0.5, 0.6) is 5.75 Å². The van der Waals surface area contributed by atoms with E-state index in [-0.39, 0.29) is 5.54 Å². The number of hydrogen-bond donors (Lipinski definition) is 0. The van der Waals surface area contributed by atoms with Crippen molar-refractivity contribution >= 4 is 22.6 Å². The number of ether oxygens (including phenoxy) is 1.